The van der Waals surface area contributed by atoms with Gasteiger partial charge in [0.2, 0.25) is 5.95 Å². The van der Waals surface area contributed by atoms with Gasteiger partial charge in [-0.15, -0.1) is 0 Å². The number of aromatic nitrogens is 2. The fourth-order valence-electron chi connectivity index (χ4n) is 1.40. The molecule has 17 heavy (non-hydrogen) atoms. The SMILES string of the molecule is CN(Cc1ccsc1)c1nccc(C(N)=S)n1. The molecule has 2 rings (SSSR count). The lowest BCUT2D eigenvalue weighted by molar-refractivity contribution is 0.868. The van der Waals surface area contributed by atoms with Crippen molar-refractivity contribution in [1.82, 2.24) is 9.97 Å². The molecule has 88 valence electrons. The molecular formula is C11H12N4S2. The summed E-state index contributed by atoms with van der Waals surface area (Å²) in [5, 5.41) is 4.16. The number of hydrogen-bond acceptors (Lipinski definition) is 5. The predicted molar refractivity (Wildman–Crippen MR) is 74.3 cm³/mol. The van der Waals surface area contributed by atoms with E-state index in [9.17, 15) is 0 Å². The van der Waals surface area contributed by atoms with E-state index in [4.69, 9.17) is 18.0 Å². The second-order valence-corrected chi connectivity index (χ2v) is 4.81. The van der Waals surface area contributed by atoms with Gasteiger partial charge in [-0.05, 0) is 28.5 Å². The molecule has 0 fully saturated rings. The Morgan fingerprint density at radius 3 is 3.00 bits per heavy atom. The zero-order valence-electron chi connectivity index (χ0n) is 9.33. The molecule has 0 saturated carbocycles. The highest BCUT2D eigenvalue weighted by atomic mass is 32.1. The minimum absolute atomic E-state index is 0.289. The first-order chi connectivity index (χ1) is 8.16. The van der Waals surface area contributed by atoms with Gasteiger partial charge >= 0.3 is 0 Å². The molecule has 0 bridgehead atoms. The Hall–Kier alpha value is -1.53. The molecule has 0 aromatic carbocycles. The van der Waals surface area contributed by atoms with Crippen LogP contribution in [0.4, 0.5) is 5.95 Å². The largest absolute Gasteiger partial charge is 0.388 e. The molecule has 0 aliphatic carbocycles. The van der Waals surface area contributed by atoms with Gasteiger partial charge in [-0.3, -0.25) is 0 Å². The maximum Gasteiger partial charge on any atom is 0.225 e. The number of thiophene rings is 1. The van der Waals surface area contributed by atoms with Crippen LogP contribution in [0.5, 0.6) is 0 Å². The number of hydrogen-bond donors (Lipinski definition) is 1. The number of thiocarbonyl (C=S) groups is 1. The molecule has 0 aliphatic heterocycles. The van der Waals surface area contributed by atoms with Crippen molar-refractivity contribution in [2.75, 3.05) is 11.9 Å². The van der Waals surface area contributed by atoms with E-state index in [2.05, 4.69) is 26.8 Å². The van der Waals surface area contributed by atoms with Crippen LogP contribution in [0.25, 0.3) is 0 Å². The molecule has 0 amide bonds. The van der Waals surface area contributed by atoms with Crippen molar-refractivity contribution in [3.8, 4) is 0 Å². The van der Waals surface area contributed by atoms with Crippen LogP contribution in [-0.2, 0) is 6.54 Å². The first-order valence-corrected chi connectivity index (χ1v) is 6.37. The molecule has 0 atom stereocenters. The van der Waals surface area contributed by atoms with E-state index in [1.807, 2.05) is 11.9 Å². The molecule has 2 N–H and O–H groups in total. The normalized spacial score (nSPS) is 10.2. The topological polar surface area (TPSA) is 55.0 Å². The lowest BCUT2D eigenvalue weighted by Gasteiger charge is -2.16. The minimum Gasteiger partial charge on any atom is -0.388 e. The zero-order chi connectivity index (χ0) is 12.3. The van der Waals surface area contributed by atoms with Crippen LogP contribution in [-0.4, -0.2) is 22.0 Å². The van der Waals surface area contributed by atoms with Crippen LogP contribution in [0.3, 0.4) is 0 Å². The molecule has 0 radical (unpaired) electrons. The zero-order valence-corrected chi connectivity index (χ0v) is 11.0. The van der Waals surface area contributed by atoms with E-state index < -0.39 is 0 Å². The Morgan fingerprint density at radius 1 is 1.53 bits per heavy atom. The third kappa shape index (κ3) is 2.98. The van der Waals surface area contributed by atoms with Gasteiger partial charge in [0.05, 0.1) is 0 Å². The summed E-state index contributed by atoms with van der Waals surface area (Å²) in [7, 11) is 1.94. The second kappa shape index (κ2) is 5.20. The molecule has 4 nitrogen and oxygen atoms in total. The standard InChI is InChI=1S/C11H12N4S2/c1-15(6-8-3-5-17-7-8)11-13-4-2-9(14-11)10(12)16/h2-5,7H,6H2,1H3,(H2,12,16). The van der Waals surface area contributed by atoms with E-state index in [1.54, 1.807) is 23.6 Å². The summed E-state index contributed by atoms with van der Waals surface area (Å²) in [5.74, 6) is 0.626. The predicted octanol–water partition coefficient (Wildman–Crippen LogP) is 1.81. The maximum atomic E-state index is 5.54. The highest BCUT2D eigenvalue weighted by Crippen LogP contribution is 2.12. The highest BCUT2D eigenvalue weighted by Gasteiger charge is 2.07. The minimum atomic E-state index is 0.289. The van der Waals surface area contributed by atoms with Crippen molar-refractivity contribution in [3.05, 3.63) is 40.3 Å². The number of nitrogens with zero attached hydrogens (tertiary/aromatic N) is 3. The Balaban J connectivity index is 2.16. The van der Waals surface area contributed by atoms with Gasteiger partial charge in [-0.2, -0.15) is 11.3 Å². The molecule has 2 heterocycles. The smallest absolute Gasteiger partial charge is 0.225 e. The van der Waals surface area contributed by atoms with Crippen LogP contribution < -0.4 is 10.6 Å². The second-order valence-electron chi connectivity index (χ2n) is 3.59. The van der Waals surface area contributed by atoms with Crippen LogP contribution in [0.2, 0.25) is 0 Å². The van der Waals surface area contributed by atoms with Crippen LogP contribution in [0.1, 0.15) is 11.3 Å². The summed E-state index contributed by atoms with van der Waals surface area (Å²) in [6.45, 7) is 0.768. The lowest BCUT2D eigenvalue weighted by atomic mass is 10.3. The Bertz CT molecular complexity index is 510. The fraction of sp³-hybridized carbons (Fsp3) is 0.182. The average molecular weight is 264 g/mol. The highest BCUT2D eigenvalue weighted by molar-refractivity contribution is 7.80. The fourth-order valence-corrected chi connectivity index (χ4v) is 2.17. The molecule has 0 saturated heterocycles. The van der Waals surface area contributed by atoms with Gasteiger partial charge in [0.1, 0.15) is 10.7 Å². The van der Waals surface area contributed by atoms with E-state index in [1.165, 1.54) is 5.56 Å². The Morgan fingerprint density at radius 2 is 2.35 bits per heavy atom. The van der Waals surface area contributed by atoms with Crippen LogP contribution in [0.15, 0.2) is 29.1 Å². The van der Waals surface area contributed by atoms with Gasteiger partial charge in [0.25, 0.3) is 0 Å². The molecule has 0 spiro atoms. The van der Waals surface area contributed by atoms with Gasteiger partial charge in [-0.25, -0.2) is 9.97 Å². The average Bonchev–Trinajstić information content (AvgIpc) is 2.82. The molecule has 6 heteroatoms. The summed E-state index contributed by atoms with van der Waals surface area (Å²) < 4.78 is 0. The van der Waals surface area contributed by atoms with Crippen LogP contribution >= 0.6 is 23.6 Å². The van der Waals surface area contributed by atoms with E-state index >= 15 is 0 Å². The van der Waals surface area contributed by atoms with Crippen molar-refractivity contribution in [1.29, 1.82) is 0 Å². The Kier molecular flexibility index (Phi) is 3.65. The van der Waals surface area contributed by atoms with Gasteiger partial charge in [0.15, 0.2) is 0 Å². The molecule has 0 unspecified atom stereocenters. The number of nitrogens with two attached hydrogens (primary N) is 1. The monoisotopic (exact) mass is 264 g/mol. The lowest BCUT2D eigenvalue weighted by Crippen LogP contribution is -2.21. The van der Waals surface area contributed by atoms with E-state index in [0.717, 1.165) is 6.54 Å². The maximum absolute atomic E-state index is 5.54. The summed E-state index contributed by atoms with van der Waals surface area (Å²) in [6, 6.07) is 3.79. The van der Waals surface area contributed by atoms with Gasteiger partial charge in [0, 0.05) is 19.8 Å². The van der Waals surface area contributed by atoms with E-state index in [0.29, 0.717) is 11.6 Å². The third-order valence-corrected chi connectivity index (χ3v) is 3.18. The number of rotatable bonds is 4. The summed E-state index contributed by atoms with van der Waals surface area (Å²) in [6.07, 6.45) is 1.67. The third-order valence-electron chi connectivity index (χ3n) is 2.24. The van der Waals surface area contributed by atoms with Crippen molar-refractivity contribution >= 4 is 34.5 Å². The van der Waals surface area contributed by atoms with Crippen molar-refractivity contribution in [2.45, 2.75) is 6.54 Å². The quantitative estimate of drug-likeness (QED) is 0.854. The molecule has 2 aromatic heterocycles. The first-order valence-electron chi connectivity index (χ1n) is 5.02. The summed E-state index contributed by atoms with van der Waals surface area (Å²) >= 11 is 6.57. The van der Waals surface area contributed by atoms with Crippen LogP contribution in [0, 0.1) is 0 Å². The first kappa shape index (κ1) is 11.9. The molecular weight excluding hydrogens is 252 g/mol. The summed E-state index contributed by atoms with van der Waals surface area (Å²) in [4.78, 5) is 10.8. The Labute approximate surface area is 109 Å². The van der Waals surface area contributed by atoms with Gasteiger partial charge in [-0.1, -0.05) is 12.2 Å². The van der Waals surface area contributed by atoms with E-state index in [-0.39, 0.29) is 4.99 Å². The molecule has 0 aliphatic rings. The van der Waals surface area contributed by atoms with Crippen molar-refractivity contribution in [2.24, 2.45) is 5.73 Å². The van der Waals surface area contributed by atoms with Crippen molar-refractivity contribution in [3.63, 3.8) is 0 Å². The number of anilines is 1. The van der Waals surface area contributed by atoms with Crippen molar-refractivity contribution < 1.29 is 0 Å². The molecule has 2 aromatic rings. The van der Waals surface area contributed by atoms with Gasteiger partial charge < -0.3 is 10.6 Å². The summed E-state index contributed by atoms with van der Waals surface area (Å²) in [5.41, 5.74) is 7.38.